The van der Waals surface area contributed by atoms with Gasteiger partial charge in [-0.1, -0.05) is 37.1 Å². The summed E-state index contributed by atoms with van der Waals surface area (Å²) in [5.74, 6) is 0.144. The van der Waals surface area contributed by atoms with Crippen molar-refractivity contribution in [2.75, 3.05) is 33.0 Å². The first-order valence-corrected chi connectivity index (χ1v) is 17.4. The number of hydrogen-bond donors (Lipinski definition) is 0. The Bertz CT molecular complexity index is 1140. The van der Waals surface area contributed by atoms with Crippen molar-refractivity contribution in [3.05, 3.63) is 34.4 Å². The number of Topliss-reactive ketones (excluding diaryl/α,β-unsaturated/α-hetero) is 1. The number of carbonyl (C=O) groups excluding carboxylic acids is 5. The Balaban J connectivity index is 0.000000240. The lowest BCUT2D eigenvalue weighted by molar-refractivity contribution is -0.154. The summed E-state index contributed by atoms with van der Waals surface area (Å²) in [4.78, 5) is 56.2. The van der Waals surface area contributed by atoms with Crippen molar-refractivity contribution in [2.24, 2.45) is 23.7 Å². The molecule has 0 aromatic carbocycles. The van der Waals surface area contributed by atoms with Gasteiger partial charge in [-0.25, -0.2) is 9.59 Å². The quantitative estimate of drug-likeness (QED) is 0.0647. The van der Waals surface area contributed by atoms with Gasteiger partial charge in [0.1, 0.15) is 17.8 Å². The molecule has 0 bridgehead atoms. The van der Waals surface area contributed by atoms with E-state index in [4.69, 9.17) is 14.2 Å². The van der Waals surface area contributed by atoms with E-state index in [9.17, 15) is 24.0 Å². The highest BCUT2D eigenvalue weighted by molar-refractivity contribution is 6.15. The molecule has 4 aliphatic carbocycles. The van der Waals surface area contributed by atoms with Crippen molar-refractivity contribution in [2.45, 2.75) is 112 Å². The number of hydrogen-bond acceptors (Lipinski definition) is 10. The predicted molar refractivity (Wildman–Crippen MR) is 177 cm³/mol. The number of ether oxygens (including phenoxy) is 5. The van der Waals surface area contributed by atoms with Crippen LogP contribution >= 0.6 is 0 Å². The lowest BCUT2D eigenvalue weighted by Gasteiger charge is -2.35. The van der Waals surface area contributed by atoms with E-state index in [0.29, 0.717) is 29.6 Å². The van der Waals surface area contributed by atoms with Gasteiger partial charge in [0.25, 0.3) is 0 Å². The fraction of sp³-hybridized carbons (Fsp3) is 0.703. The van der Waals surface area contributed by atoms with E-state index in [-0.39, 0.29) is 44.3 Å². The maximum absolute atomic E-state index is 12.0. The zero-order valence-corrected chi connectivity index (χ0v) is 29.5. The highest BCUT2D eigenvalue weighted by Gasteiger charge is 2.44. The lowest BCUT2D eigenvalue weighted by Crippen LogP contribution is -2.32. The first-order valence-electron chi connectivity index (χ1n) is 17.4. The van der Waals surface area contributed by atoms with Gasteiger partial charge < -0.3 is 23.7 Å². The second-order valence-electron chi connectivity index (χ2n) is 12.2. The Hall–Kier alpha value is -3.27. The van der Waals surface area contributed by atoms with Crippen LogP contribution < -0.4 is 0 Å². The molecule has 10 nitrogen and oxygen atoms in total. The normalized spacial score (nSPS) is 24.4. The first kappa shape index (κ1) is 39.9. The summed E-state index contributed by atoms with van der Waals surface area (Å²) in [5, 5.41) is 0. The van der Waals surface area contributed by atoms with Gasteiger partial charge in [-0.2, -0.15) is 0 Å². The van der Waals surface area contributed by atoms with Gasteiger partial charge in [-0.05, 0) is 97.0 Å². The molecule has 5 rings (SSSR count). The van der Waals surface area contributed by atoms with Gasteiger partial charge in [-0.15, -0.1) is 0 Å². The van der Waals surface area contributed by atoms with E-state index < -0.39 is 23.9 Å². The number of esters is 4. The minimum absolute atomic E-state index is 0.128. The number of fused-ring (bicyclic) bond motifs is 2. The largest absolute Gasteiger partial charge is 0.466 e. The summed E-state index contributed by atoms with van der Waals surface area (Å²) in [6.45, 7) is 15.4. The molecule has 1 saturated heterocycles. The molecule has 47 heavy (non-hydrogen) atoms. The molecule has 1 aliphatic heterocycles. The SMILES string of the molecule is CC1CCCO1.CCC1=C[C@H]2C(=O)C[C@H]2C1.CCOC(=O)C(C(=O)OCC)=C1C[C@H]2CC(CC)=C[C@@H]12.CCOC(=O)CC(=O)OCC. The Morgan fingerprint density at radius 3 is 1.55 bits per heavy atom. The Labute approximate surface area is 280 Å². The molecule has 0 aromatic rings. The molecule has 10 heteroatoms. The number of rotatable bonds is 10. The molecular weight excluding hydrogens is 604 g/mol. The Morgan fingerprint density at radius 2 is 1.19 bits per heavy atom. The van der Waals surface area contributed by atoms with E-state index in [1.165, 1.54) is 30.4 Å². The average Bonchev–Trinajstić information content (AvgIpc) is 3.73. The van der Waals surface area contributed by atoms with Crippen molar-refractivity contribution in [1.82, 2.24) is 0 Å². The van der Waals surface area contributed by atoms with Crippen molar-refractivity contribution >= 4 is 29.7 Å². The van der Waals surface area contributed by atoms with E-state index >= 15 is 0 Å². The van der Waals surface area contributed by atoms with Crippen molar-refractivity contribution in [1.29, 1.82) is 0 Å². The Kier molecular flexibility index (Phi) is 17.7. The fourth-order valence-electron chi connectivity index (χ4n) is 6.30. The first-order chi connectivity index (χ1) is 22.5. The van der Waals surface area contributed by atoms with Crippen LogP contribution in [0.5, 0.6) is 0 Å². The van der Waals surface area contributed by atoms with Crippen molar-refractivity contribution in [3.63, 3.8) is 0 Å². The van der Waals surface area contributed by atoms with Crippen molar-refractivity contribution < 1.29 is 47.7 Å². The van der Waals surface area contributed by atoms with E-state index in [2.05, 4.69) is 42.4 Å². The van der Waals surface area contributed by atoms with E-state index in [1.807, 2.05) is 0 Å². The number of allylic oxidation sites excluding steroid dienone is 5. The predicted octanol–water partition coefficient (Wildman–Crippen LogP) is 6.41. The summed E-state index contributed by atoms with van der Waals surface area (Å²) in [7, 11) is 0. The second-order valence-corrected chi connectivity index (χ2v) is 12.2. The van der Waals surface area contributed by atoms with Crippen LogP contribution in [0.15, 0.2) is 34.4 Å². The van der Waals surface area contributed by atoms with Gasteiger partial charge in [0.2, 0.25) is 0 Å². The van der Waals surface area contributed by atoms with Crippen LogP contribution in [0, 0.1) is 23.7 Å². The minimum Gasteiger partial charge on any atom is -0.466 e. The lowest BCUT2D eigenvalue weighted by atomic mass is 9.69. The molecule has 2 saturated carbocycles. The van der Waals surface area contributed by atoms with Crippen LogP contribution in [0.1, 0.15) is 106 Å². The highest BCUT2D eigenvalue weighted by atomic mass is 16.6. The zero-order chi connectivity index (χ0) is 34.9. The van der Waals surface area contributed by atoms with Gasteiger partial charge >= 0.3 is 23.9 Å². The standard InChI is InChI=1S/C16H22O4.C9H12O.C7H12O4.C5H10O/c1-4-10-7-11-9-13(12(11)8-10)14(15(17)19-5-2)16(18)20-6-3;1-2-6-3-7-5-9(10)8(7)4-6;1-3-10-6(8)5-7(9)11-4-2;1-5-3-2-4-6-5/h8,11-12H,4-7,9H2,1-3H3;4,7-8H,2-3,5H2,1H3;3-5H2,1-2H3;5H,2-4H2,1H3/t11-,12-;7-,8-;;/m11../s1. The van der Waals surface area contributed by atoms with Crippen LogP contribution in [0.2, 0.25) is 0 Å². The third-order valence-corrected chi connectivity index (χ3v) is 8.86. The molecule has 1 unspecified atom stereocenters. The van der Waals surface area contributed by atoms with Crippen molar-refractivity contribution in [3.8, 4) is 0 Å². The third kappa shape index (κ3) is 12.4. The fourth-order valence-corrected chi connectivity index (χ4v) is 6.30. The maximum Gasteiger partial charge on any atom is 0.345 e. The molecule has 0 spiro atoms. The highest BCUT2D eigenvalue weighted by Crippen LogP contribution is 2.51. The topological polar surface area (TPSA) is 132 Å². The molecular formula is C37H56O10. The summed E-state index contributed by atoms with van der Waals surface area (Å²) < 4.78 is 24.2. The second kappa shape index (κ2) is 20.9. The Morgan fingerprint density at radius 1 is 0.702 bits per heavy atom. The molecule has 5 atom stereocenters. The smallest absolute Gasteiger partial charge is 0.345 e. The molecule has 1 heterocycles. The molecule has 5 aliphatic rings. The van der Waals surface area contributed by atoms with Crippen LogP contribution in [0.4, 0.5) is 0 Å². The average molecular weight is 661 g/mol. The van der Waals surface area contributed by atoms with Gasteiger partial charge in [0.05, 0.1) is 32.5 Å². The van der Waals surface area contributed by atoms with Gasteiger partial charge in [-0.3, -0.25) is 14.4 Å². The number of ketones is 1. The van der Waals surface area contributed by atoms with Gasteiger partial charge in [0, 0.05) is 24.9 Å². The number of carbonyl (C=O) groups is 5. The summed E-state index contributed by atoms with van der Waals surface area (Å²) >= 11 is 0. The molecule has 0 radical (unpaired) electrons. The minimum atomic E-state index is -0.544. The summed E-state index contributed by atoms with van der Waals surface area (Å²) in [6.07, 6.45) is 13.3. The van der Waals surface area contributed by atoms with Crippen LogP contribution in [-0.2, 0) is 47.7 Å². The molecule has 0 N–H and O–H groups in total. The maximum atomic E-state index is 12.0. The summed E-state index contributed by atoms with van der Waals surface area (Å²) in [5.41, 5.74) is 3.95. The monoisotopic (exact) mass is 660 g/mol. The molecule has 264 valence electrons. The zero-order valence-electron chi connectivity index (χ0n) is 29.5. The molecule has 0 amide bonds. The van der Waals surface area contributed by atoms with E-state index in [0.717, 1.165) is 44.3 Å². The molecule has 3 fully saturated rings. The molecule has 0 aromatic heterocycles. The van der Waals surface area contributed by atoms with Crippen LogP contribution in [-0.4, -0.2) is 68.8 Å². The van der Waals surface area contributed by atoms with Crippen LogP contribution in [0.3, 0.4) is 0 Å². The van der Waals surface area contributed by atoms with Crippen LogP contribution in [0.25, 0.3) is 0 Å². The van der Waals surface area contributed by atoms with Gasteiger partial charge in [0.15, 0.2) is 0 Å². The summed E-state index contributed by atoms with van der Waals surface area (Å²) in [6, 6.07) is 0. The third-order valence-electron chi connectivity index (χ3n) is 8.86. The van der Waals surface area contributed by atoms with E-state index in [1.54, 1.807) is 27.7 Å².